The minimum Gasteiger partial charge on any atom is -0.493 e. The molecular formula is C23H32FN3O2. The van der Waals surface area contributed by atoms with Crippen molar-refractivity contribution in [2.45, 2.75) is 44.9 Å². The van der Waals surface area contributed by atoms with Crippen LogP contribution in [0, 0.1) is 0 Å². The van der Waals surface area contributed by atoms with Crippen molar-refractivity contribution in [3.05, 3.63) is 23.4 Å². The standard InChI is InChI=1S/C23H32FN3O2/c1-28-21-15-18-20(16-22(21)29-14-6-13-27-11-2-3-12-27)26-19-8-4-7-17(19)23(18)25-10-5-9-24/h15-16H,2-14H2,1H3,(H,25,26). The number of anilines is 1. The molecule has 2 aromatic rings. The number of rotatable bonds is 10. The van der Waals surface area contributed by atoms with Gasteiger partial charge in [-0.1, -0.05) is 0 Å². The highest BCUT2D eigenvalue weighted by atomic mass is 19.1. The van der Waals surface area contributed by atoms with Gasteiger partial charge in [-0.05, 0) is 69.7 Å². The largest absolute Gasteiger partial charge is 0.493 e. The molecule has 0 spiro atoms. The summed E-state index contributed by atoms with van der Waals surface area (Å²) in [7, 11) is 1.68. The van der Waals surface area contributed by atoms with Crippen LogP contribution in [-0.4, -0.2) is 56.5 Å². The van der Waals surface area contributed by atoms with E-state index in [0.717, 1.165) is 66.0 Å². The number of aromatic nitrogens is 1. The highest BCUT2D eigenvalue weighted by Gasteiger charge is 2.21. The number of ether oxygens (including phenoxy) is 2. The monoisotopic (exact) mass is 401 g/mol. The molecule has 1 aliphatic carbocycles. The third-order valence-corrected chi connectivity index (χ3v) is 5.98. The van der Waals surface area contributed by atoms with Gasteiger partial charge in [0.05, 0.1) is 25.9 Å². The molecule has 0 bridgehead atoms. The first-order chi connectivity index (χ1) is 14.3. The zero-order chi connectivity index (χ0) is 20.1. The van der Waals surface area contributed by atoms with Gasteiger partial charge in [-0.25, -0.2) is 0 Å². The molecule has 2 aliphatic rings. The van der Waals surface area contributed by atoms with Gasteiger partial charge in [-0.15, -0.1) is 0 Å². The number of nitrogens with zero attached hydrogens (tertiary/aromatic N) is 2. The summed E-state index contributed by atoms with van der Waals surface area (Å²) in [6, 6.07) is 4.03. The number of pyridine rings is 1. The van der Waals surface area contributed by atoms with Gasteiger partial charge in [0.15, 0.2) is 11.5 Å². The van der Waals surface area contributed by atoms with Gasteiger partial charge in [-0.3, -0.25) is 9.37 Å². The smallest absolute Gasteiger partial charge is 0.163 e. The maximum Gasteiger partial charge on any atom is 0.163 e. The maximum absolute atomic E-state index is 12.6. The van der Waals surface area contributed by atoms with Crippen molar-refractivity contribution < 1.29 is 13.9 Å². The Bertz CT molecular complexity index is 837. The van der Waals surface area contributed by atoms with Crippen LogP contribution in [0.5, 0.6) is 11.5 Å². The van der Waals surface area contributed by atoms with Gasteiger partial charge in [0.25, 0.3) is 0 Å². The number of methoxy groups -OCH3 is 1. The molecule has 158 valence electrons. The molecule has 0 atom stereocenters. The fraction of sp³-hybridized carbons (Fsp3) is 0.609. The van der Waals surface area contributed by atoms with Crippen LogP contribution in [-0.2, 0) is 12.8 Å². The quantitative estimate of drug-likeness (QED) is 0.599. The first-order valence-corrected chi connectivity index (χ1v) is 11.0. The molecule has 1 N–H and O–H groups in total. The number of halogens is 1. The molecule has 0 radical (unpaired) electrons. The molecule has 1 aromatic heterocycles. The lowest BCUT2D eigenvalue weighted by Gasteiger charge is -2.18. The topological polar surface area (TPSA) is 46.6 Å². The molecule has 0 amide bonds. The van der Waals surface area contributed by atoms with E-state index in [9.17, 15) is 4.39 Å². The van der Waals surface area contributed by atoms with E-state index in [1.807, 2.05) is 12.1 Å². The average Bonchev–Trinajstić information content (AvgIpc) is 3.42. The molecule has 0 saturated carbocycles. The third-order valence-electron chi connectivity index (χ3n) is 5.98. The molecular weight excluding hydrogens is 369 g/mol. The summed E-state index contributed by atoms with van der Waals surface area (Å²) in [4.78, 5) is 7.42. The van der Waals surface area contributed by atoms with Gasteiger partial charge in [-0.2, -0.15) is 0 Å². The normalized spacial score (nSPS) is 16.3. The summed E-state index contributed by atoms with van der Waals surface area (Å²) < 4.78 is 24.3. The van der Waals surface area contributed by atoms with Crippen molar-refractivity contribution in [2.24, 2.45) is 0 Å². The zero-order valence-corrected chi connectivity index (χ0v) is 17.4. The molecule has 1 fully saturated rings. The van der Waals surface area contributed by atoms with E-state index in [1.54, 1.807) is 7.11 Å². The molecule has 1 saturated heterocycles. The van der Waals surface area contributed by atoms with E-state index in [4.69, 9.17) is 14.5 Å². The summed E-state index contributed by atoms with van der Waals surface area (Å²) in [5.41, 5.74) is 4.45. The predicted molar refractivity (Wildman–Crippen MR) is 115 cm³/mol. The number of hydrogen-bond donors (Lipinski definition) is 1. The Labute approximate surface area is 172 Å². The fourth-order valence-electron chi connectivity index (χ4n) is 4.50. The van der Waals surface area contributed by atoms with Crippen LogP contribution in [0.2, 0.25) is 0 Å². The first-order valence-electron chi connectivity index (χ1n) is 11.0. The van der Waals surface area contributed by atoms with Gasteiger partial charge < -0.3 is 19.7 Å². The van der Waals surface area contributed by atoms with Crippen LogP contribution in [0.25, 0.3) is 10.9 Å². The number of aryl methyl sites for hydroxylation is 1. The average molecular weight is 402 g/mol. The molecule has 5 nitrogen and oxygen atoms in total. The molecule has 6 heteroatoms. The van der Waals surface area contributed by atoms with Crippen LogP contribution in [0.1, 0.15) is 43.4 Å². The minimum atomic E-state index is -0.309. The zero-order valence-electron chi connectivity index (χ0n) is 17.4. The van der Waals surface area contributed by atoms with Crippen molar-refractivity contribution in [3.8, 4) is 11.5 Å². The SMILES string of the molecule is COc1cc2c(NCCCF)c3c(nc2cc1OCCCN1CCCC1)CCC3. The van der Waals surface area contributed by atoms with Crippen molar-refractivity contribution in [2.75, 3.05) is 51.9 Å². The number of nitrogens with one attached hydrogen (secondary N) is 1. The highest BCUT2D eigenvalue weighted by Crippen LogP contribution is 2.39. The Morgan fingerprint density at radius 2 is 1.97 bits per heavy atom. The maximum atomic E-state index is 12.6. The summed E-state index contributed by atoms with van der Waals surface area (Å²) in [5.74, 6) is 1.48. The Morgan fingerprint density at radius 1 is 1.10 bits per heavy atom. The predicted octanol–water partition coefficient (Wildman–Crippen LogP) is 4.37. The van der Waals surface area contributed by atoms with Crippen LogP contribution in [0.15, 0.2) is 12.1 Å². The number of hydrogen-bond acceptors (Lipinski definition) is 5. The van der Waals surface area contributed by atoms with E-state index in [0.29, 0.717) is 19.6 Å². The van der Waals surface area contributed by atoms with E-state index < -0.39 is 0 Å². The van der Waals surface area contributed by atoms with Gasteiger partial charge >= 0.3 is 0 Å². The third kappa shape index (κ3) is 4.58. The summed E-state index contributed by atoms with van der Waals surface area (Å²) >= 11 is 0. The second kappa shape index (κ2) is 9.61. The van der Waals surface area contributed by atoms with Crippen LogP contribution in [0.4, 0.5) is 10.1 Å². The minimum absolute atomic E-state index is 0.309. The van der Waals surface area contributed by atoms with Crippen molar-refractivity contribution in [1.29, 1.82) is 0 Å². The highest BCUT2D eigenvalue weighted by molar-refractivity contribution is 5.96. The number of benzene rings is 1. The lowest BCUT2D eigenvalue weighted by molar-refractivity contribution is 0.254. The van der Waals surface area contributed by atoms with E-state index in [-0.39, 0.29) is 6.67 Å². The Balaban J connectivity index is 1.55. The molecule has 29 heavy (non-hydrogen) atoms. The molecule has 1 aromatic carbocycles. The number of alkyl halides is 1. The van der Waals surface area contributed by atoms with Crippen molar-refractivity contribution in [3.63, 3.8) is 0 Å². The van der Waals surface area contributed by atoms with Gasteiger partial charge in [0.1, 0.15) is 0 Å². The van der Waals surface area contributed by atoms with E-state index in [1.165, 1.54) is 31.5 Å². The Morgan fingerprint density at radius 3 is 2.76 bits per heavy atom. The molecule has 4 rings (SSSR count). The number of fused-ring (bicyclic) bond motifs is 2. The fourth-order valence-corrected chi connectivity index (χ4v) is 4.50. The van der Waals surface area contributed by atoms with E-state index in [2.05, 4.69) is 10.2 Å². The molecule has 2 heterocycles. The Kier molecular flexibility index (Phi) is 6.70. The first kappa shape index (κ1) is 20.2. The Hall–Kier alpha value is -2.08. The summed E-state index contributed by atoms with van der Waals surface area (Å²) in [6.45, 7) is 4.50. The lowest BCUT2D eigenvalue weighted by Crippen LogP contribution is -2.21. The van der Waals surface area contributed by atoms with Crippen LogP contribution >= 0.6 is 0 Å². The number of likely N-dealkylation sites (tertiary alicyclic amines) is 1. The summed E-state index contributed by atoms with van der Waals surface area (Å²) in [5, 5.41) is 4.49. The van der Waals surface area contributed by atoms with Crippen molar-refractivity contribution >= 4 is 16.6 Å². The van der Waals surface area contributed by atoms with Crippen LogP contribution in [0.3, 0.4) is 0 Å². The molecule has 1 aliphatic heterocycles. The second-order valence-electron chi connectivity index (χ2n) is 8.01. The summed E-state index contributed by atoms with van der Waals surface area (Å²) in [6.07, 6.45) is 7.29. The molecule has 0 unspecified atom stereocenters. The van der Waals surface area contributed by atoms with Crippen LogP contribution < -0.4 is 14.8 Å². The second-order valence-corrected chi connectivity index (χ2v) is 8.01. The lowest BCUT2D eigenvalue weighted by atomic mass is 10.1. The van der Waals surface area contributed by atoms with E-state index >= 15 is 0 Å². The van der Waals surface area contributed by atoms with Gasteiger partial charge in [0.2, 0.25) is 0 Å². The van der Waals surface area contributed by atoms with Crippen molar-refractivity contribution in [1.82, 2.24) is 9.88 Å². The van der Waals surface area contributed by atoms with Gasteiger partial charge in [0, 0.05) is 35.9 Å².